The number of carbonyl (C=O) groups is 1. The van der Waals surface area contributed by atoms with Crippen molar-refractivity contribution in [2.24, 2.45) is 0 Å². The van der Waals surface area contributed by atoms with E-state index in [9.17, 15) is 22.8 Å². The normalized spacial score (nSPS) is 11.2. The summed E-state index contributed by atoms with van der Waals surface area (Å²) in [4.78, 5) is 22.2. The zero-order valence-electron chi connectivity index (χ0n) is 8.25. The number of nitrogens with zero attached hydrogens (tertiary/aromatic N) is 1. The largest absolute Gasteiger partial charge is 0.465 e. The molecule has 1 aromatic heterocycles. The quantitative estimate of drug-likeness (QED) is 0.723. The highest BCUT2D eigenvalue weighted by Gasteiger charge is 2.28. The van der Waals surface area contributed by atoms with Gasteiger partial charge in [-0.3, -0.25) is 4.79 Å². The van der Waals surface area contributed by atoms with Crippen molar-refractivity contribution in [1.82, 2.24) is 4.57 Å². The summed E-state index contributed by atoms with van der Waals surface area (Å²) in [6.07, 6.45) is -3.57. The predicted octanol–water partition coefficient (Wildman–Crippen LogP) is 1.20. The monoisotopic (exact) mass is 235 g/mol. The minimum Gasteiger partial charge on any atom is -0.465 e. The summed E-state index contributed by atoms with van der Waals surface area (Å²) >= 11 is 0. The molecule has 0 unspecified atom stereocenters. The van der Waals surface area contributed by atoms with E-state index >= 15 is 0 Å². The molecule has 4 nitrogen and oxygen atoms in total. The second kappa shape index (κ2) is 4.38. The van der Waals surface area contributed by atoms with Crippen molar-refractivity contribution in [3.8, 4) is 0 Å². The zero-order valence-corrected chi connectivity index (χ0v) is 8.25. The van der Waals surface area contributed by atoms with E-state index < -0.39 is 24.2 Å². The van der Waals surface area contributed by atoms with Crippen molar-refractivity contribution in [2.45, 2.75) is 12.7 Å². The van der Waals surface area contributed by atoms with E-state index in [-0.39, 0.29) is 5.56 Å². The molecule has 0 saturated heterocycles. The third kappa shape index (κ3) is 3.11. The van der Waals surface area contributed by atoms with E-state index in [0.717, 1.165) is 25.4 Å². The Morgan fingerprint density at radius 2 is 2.12 bits per heavy atom. The van der Waals surface area contributed by atoms with Crippen LogP contribution in [-0.2, 0) is 11.3 Å². The molecule has 0 fully saturated rings. The lowest BCUT2D eigenvalue weighted by molar-refractivity contribution is -0.141. The summed E-state index contributed by atoms with van der Waals surface area (Å²) in [6, 6.07) is 1.90. The SMILES string of the molecule is COC(=O)c1ccn(CC(F)(F)F)c(=O)c1. The van der Waals surface area contributed by atoms with E-state index in [4.69, 9.17) is 0 Å². The predicted molar refractivity (Wildman–Crippen MR) is 48.1 cm³/mol. The number of pyridine rings is 1. The van der Waals surface area contributed by atoms with Crippen LogP contribution >= 0.6 is 0 Å². The molecule has 0 radical (unpaired) electrons. The van der Waals surface area contributed by atoms with Crippen molar-refractivity contribution < 1.29 is 22.7 Å². The van der Waals surface area contributed by atoms with E-state index in [0.29, 0.717) is 4.57 Å². The molecule has 0 amide bonds. The molecule has 1 heterocycles. The number of hydrogen-bond donors (Lipinski definition) is 0. The van der Waals surface area contributed by atoms with E-state index in [1.807, 2.05) is 0 Å². The highest BCUT2D eigenvalue weighted by Crippen LogP contribution is 2.16. The fourth-order valence-corrected chi connectivity index (χ4v) is 1.08. The lowest BCUT2D eigenvalue weighted by Crippen LogP contribution is -2.28. The summed E-state index contributed by atoms with van der Waals surface area (Å²) in [5, 5.41) is 0. The average molecular weight is 235 g/mol. The standard InChI is InChI=1S/C9H8F3NO3/c1-16-8(15)6-2-3-13(7(14)4-6)5-9(10,11)12/h2-4H,5H2,1H3. The first-order valence-electron chi connectivity index (χ1n) is 4.19. The van der Waals surface area contributed by atoms with Gasteiger partial charge in [0, 0.05) is 12.3 Å². The Labute approximate surface area is 88.3 Å². The molecule has 0 bridgehead atoms. The lowest BCUT2D eigenvalue weighted by atomic mass is 10.2. The number of carbonyl (C=O) groups excluding carboxylic acids is 1. The van der Waals surface area contributed by atoms with Crippen molar-refractivity contribution in [3.63, 3.8) is 0 Å². The Morgan fingerprint density at radius 1 is 1.50 bits per heavy atom. The van der Waals surface area contributed by atoms with Gasteiger partial charge in [0.15, 0.2) is 0 Å². The van der Waals surface area contributed by atoms with Gasteiger partial charge in [-0.15, -0.1) is 0 Å². The number of ether oxygens (including phenoxy) is 1. The molecule has 16 heavy (non-hydrogen) atoms. The van der Waals surface area contributed by atoms with E-state index in [1.54, 1.807) is 0 Å². The smallest absolute Gasteiger partial charge is 0.406 e. The van der Waals surface area contributed by atoms with Gasteiger partial charge in [-0.1, -0.05) is 0 Å². The summed E-state index contributed by atoms with van der Waals surface area (Å²) < 4.78 is 40.8. The Morgan fingerprint density at radius 3 is 2.56 bits per heavy atom. The Balaban J connectivity index is 3.01. The summed E-state index contributed by atoms with van der Waals surface area (Å²) in [7, 11) is 1.11. The Hall–Kier alpha value is -1.79. The van der Waals surface area contributed by atoms with Gasteiger partial charge < -0.3 is 9.30 Å². The highest BCUT2D eigenvalue weighted by atomic mass is 19.4. The number of methoxy groups -OCH3 is 1. The average Bonchev–Trinajstić information content (AvgIpc) is 2.18. The first-order valence-corrected chi connectivity index (χ1v) is 4.19. The molecule has 0 spiro atoms. The fraction of sp³-hybridized carbons (Fsp3) is 0.333. The molecule has 0 saturated carbocycles. The van der Waals surface area contributed by atoms with Crippen LogP contribution in [0.3, 0.4) is 0 Å². The zero-order chi connectivity index (χ0) is 12.3. The summed E-state index contributed by atoms with van der Waals surface area (Å²) in [6.45, 7) is -1.38. The van der Waals surface area contributed by atoms with E-state index in [2.05, 4.69) is 4.74 Å². The van der Waals surface area contributed by atoms with Crippen LogP contribution in [0.2, 0.25) is 0 Å². The van der Waals surface area contributed by atoms with Crippen LogP contribution in [0.1, 0.15) is 10.4 Å². The van der Waals surface area contributed by atoms with Gasteiger partial charge >= 0.3 is 12.1 Å². The van der Waals surface area contributed by atoms with Crippen LogP contribution < -0.4 is 5.56 Å². The highest BCUT2D eigenvalue weighted by molar-refractivity contribution is 5.88. The number of esters is 1. The van der Waals surface area contributed by atoms with Gasteiger partial charge in [0.05, 0.1) is 12.7 Å². The van der Waals surface area contributed by atoms with Crippen LogP contribution in [-0.4, -0.2) is 23.8 Å². The first kappa shape index (κ1) is 12.3. The van der Waals surface area contributed by atoms with Gasteiger partial charge in [0.1, 0.15) is 6.54 Å². The lowest BCUT2D eigenvalue weighted by Gasteiger charge is -2.09. The van der Waals surface area contributed by atoms with Gasteiger partial charge in [-0.25, -0.2) is 4.79 Å². The molecule has 0 N–H and O–H groups in total. The second-order valence-electron chi connectivity index (χ2n) is 2.99. The number of alkyl halides is 3. The third-order valence-corrected chi connectivity index (χ3v) is 1.77. The molecule has 0 atom stereocenters. The molecular weight excluding hydrogens is 227 g/mol. The molecule has 1 rings (SSSR count). The number of rotatable bonds is 2. The maximum absolute atomic E-state index is 12.0. The molecule has 0 aromatic carbocycles. The molecule has 0 aliphatic heterocycles. The van der Waals surface area contributed by atoms with Crippen LogP contribution in [0.25, 0.3) is 0 Å². The maximum atomic E-state index is 12.0. The van der Waals surface area contributed by atoms with Crippen LogP contribution in [0.4, 0.5) is 13.2 Å². The third-order valence-electron chi connectivity index (χ3n) is 1.77. The maximum Gasteiger partial charge on any atom is 0.406 e. The molecule has 1 aromatic rings. The van der Waals surface area contributed by atoms with Crippen LogP contribution in [0.5, 0.6) is 0 Å². The summed E-state index contributed by atoms with van der Waals surface area (Å²) in [5.41, 5.74) is -0.980. The van der Waals surface area contributed by atoms with Crippen molar-refractivity contribution in [2.75, 3.05) is 7.11 Å². The number of aromatic nitrogens is 1. The number of hydrogen-bond acceptors (Lipinski definition) is 3. The first-order chi connectivity index (χ1) is 7.33. The molecule has 88 valence electrons. The minimum atomic E-state index is -4.48. The Kier molecular flexibility index (Phi) is 3.36. The number of halogens is 3. The summed E-state index contributed by atoms with van der Waals surface area (Å²) in [5.74, 6) is -0.767. The molecule has 0 aliphatic rings. The van der Waals surface area contributed by atoms with Gasteiger partial charge in [-0.2, -0.15) is 13.2 Å². The van der Waals surface area contributed by atoms with Crippen LogP contribution in [0, 0.1) is 0 Å². The minimum absolute atomic E-state index is 0.0778. The van der Waals surface area contributed by atoms with Gasteiger partial charge in [0.2, 0.25) is 0 Å². The van der Waals surface area contributed by atoms with Crippen LogP contribution in [0.15, 0.2) is 23.1 Å². The molecular formula is C9H8F3NO3. The fourth-order valence-electron chi connectivity index (χ4n) is 1.08. The molecule has 7 heteroatoms. The van der Waals surface area contributed by atoms with Crippen molar-refractivity contribution >= 4 is 5.97 Å². The van der Waals surface area contributed by atoms with E-state index in [1.165, 1.54) is 0 Å². The second-order valence-corrected chi connectivity index (χ2v) is 2.99. The molecule has 0 aliphatic carbocycles. The van der Waals surface area contributed by atoms with Crippen molar-refractivity contribution in [3.05, 3.63) is 34.2 Å². The van der Waals surface area contributed by atoms with Gasteiger partial charge in [-0.05, 0) is 6.07 Å². The Bertz CT molecular complexity index is 450. The van der Waals surface area contributed by atoms with Crippen molar-refractivity contribution in [1.29, 1.82) is 0 Å². The van der Waals surface area contributed by atoms with Gasteiger partial charge in [0.25, 0.3) is 5.56 Å². The topological polar surface area (TPSA) is 48.3 Å².